The molecule has 42 heavy (non-hydrogen) atoms. The third kappa shape index (κ3) is 12.5. The molecule has 0 fully saturated rings. The van der Waals surface area contributed by atoms with Crippen LogP contribution < -0.4 is 33.2 Å². The highest BCUT2D eigenvalue weighted by atomic mass is 16.4. The van der Waals surface area contributed by atoms with Crippen molar-refractivity contribution < 1.29 is 39.3 Å². The highest BCUT2D eigenvalue weighted by molar-refractivity contribution is 5.95. The largest absolute Gasteiger partial charge is 0.508 e. The molecule has 5 atom stereocenters. The topological polar surface area (TPSA) is 273 Å². The Bertz CT molecular complexity index is 1090. The second-order valence-electron chi connectivity index (χ2n) is 9.95. The van der Waals surface area contributed by atoms with Gasteiger partial charge in [-0.1, -0.05) is 32.4 Å². The van der Waals surface area contributed by atoms with E-state index in [1.165, 1.54) is 12.1 Å². The molecule has 1 aromatic carbocycles. The zero-order valence-corrected chi connectivity index (χ0v) is 23.9. The summed E-state index contributed by atoms with van der Waals surface area (Å²) in [7, 11) is 0. The summed E-state index contributed by atoms with van der Waals surface area (Å²) in [6.07, 6.45) is 0.522. The predicted molar refractivity (Wildman–Crippen MR) is 154 cm³/mol. The molecule has 0 bridgehead atoms. The third-order valence-corrected chi connectivity index (χ3v) is 6.75. The number of hydrogen-bond acceptors (Lipinski definition) is 9. The second-order valence-corrected chi connectivity index (χ2v) is 9.95. The van der Waals surface area contributed by atoms with E-state index >= 15 is 0 Å². The minimum absolute atomic E-state index is 0.00904. The van der Waals surface area contributed by atoms with Gasteiger partial charge >= 0.3 is 5.97 Å². The van der Waals surface area contributed by atoms with Gasteiger partial charge in [-0.25, -0.2) is 4.79 Å². The molecule has 12 N–H and O–H groups in total. The van der Waals surface area contributed by atoms with Gasteiger partial charge in [-0.3, -0.25) is 24.2 Å². The highest BCUT2D eigenvalue weighted by Crippen LogP contribution is 2.22. The quantitative estimate of drug-likeness (QED) is 0.0485. The van der Waals surface area contributed by atoms with Gasteiger partial charge in [-0.2, -0.15) is 0 Å². The van der Waals surface area contributed by atoms with Gasteiger partial charge in [0.1, 0.15) is 17.8 Å². The molecule has 0 aromatic heterocycles. The van der Waals surface area contributed by atoms with Crippen LogP contribution in [0.15, 0.2) is 29.3 Å². The van der Waals surface area contributed by atoms with Gasteiger partial charge in [0.2, 0.25) is 17.7 Å². The highest BCUT2D eigenvalue weighted by Gasteiger charge is 2.33. The molecule has 1 aromatic rings. The van der Waals surface area contributed by atoms with Crippen LogP contribution in [0.4, 0.5) is 0 Å². The van der Waals surface area contributed by atoms with Crippen molar-refractivity contribution in [2.75, 3.05) is 19.7 Å². The number of benzene rings is 1. The minimum atomic E-state index is -1.48. The van der Waals surface area contributed by atoms with Crippen LogP contribution in [-0.2, 0) is 30.4 Å². The fraction of sp³-hybridized carbons (Fsp3) is 0.556. The van der Waals surface area contributed by atoms with Crippen molar-refractivity contribution in [2.24, 2.45) is 34.0 Å². The van der Waals surface area contributed by atoms with Crippen LogP contribution in [0.1, 0.15) is 45.1 Å². The number of Topliss-reactive ketones (excluding diaryl/α,β-unsaturated/α-hetero) is 1. The number of aliphatic hydroxyl groups is 1. The second kappa shape index (κ2) is 18.2. The van der Waals surface area contributed by atoms with Crippen molar-refractivity contribution in [1.29, 1.82) is 0 Å². The SMILES string of the molecule is CCC(C)C(CC(=O)C(Cc1ccc(O)cc1)NC(=O)CN)C(=O)N[C@H](CO)C(=O)N[C@@H](CCCN=C(N)N)C(=O)O. The van der Waals surface area contributed by atoms with E-state index in [1.54, 1.807) is 19.1 Å². The maximum Gasteiger partial charge on any atom is 0.326 e. The summed E-state index contributed by atoms with van der Waals surface area (Å²) in [6.45, 7) is 2.53. The number of carboxylic acid groups (broad SMARTS) is 1. The smallest absolute Gasteiger partial charge is 0.326 e. The lowest BCUT2D eigenvalue weighted by molar-refractivity contribution is -0.143. The number of carbonyl (C=O) groups excluding carboxylic acids is 4. The van der Waals surface area contributed by atoms with Gasteiger partial charge in [-0.15, -0.1) is 0 Å². The normalized spacial score (nSPS) is 14.4. The molecule has 3 unspecified atom stereocenters. The fourth-order valence-corrected chi connectivity index (χ4v) is 4.07. The van der Waals surface area contributed by atoms with E-state index in [0.29, 0.717) is 12.0 Å². The van der Waals surface area contributed by atoms with E-state index < -0.39 is 60.1 Å². The number of guanidine groups is 1. The number of phenolic OH excluding ortho intramolecular Hbond substituents is 1. The first-order valence-corrected chi connectivity index (χ1v) is 13.6. The molecule has 15 heteroatoms. The van der Waals surface area contributed by atoms with Gasteiger partial charge in [0.05, 0.1) is 19.2 Å². The van der Waals surface area contributed by atoms with Crippen LogP contribution in [0.5, 0.6) is 5.75 Å². The Morgan fingerprint density at radius 1 is 0.952 bits per heavy atom. The Labute approximate surface area is 244 Å². The zero-order valence-electron chi connectivity index (χ0n) is 23.9. The summed E-state index contributed by atoms with van der Waals surface area (Å²) in [5.74, 6) is -5.36. The Hall–Kier alpha value is -4.24. The number of phenols is 1. The van der Waals surface area contributed by atoms with Gasteiger partial charge in [0.15, 0.2) is 11.7 Å². The number of amides is 3. The number of aliphatic hydroxyl groups excluding tert-OH is 1. The van der Waals surface area contributed by atoms with Crippen molar-refractivity contribution in [3.05, 3.63) is 29.8 Å². The molecule has 0 aliphatic carbocycles. The zero-order chi connectivity index (χ0) is 31.8. The first-order chi connectivity index (χ1) is 19.8. The number of nitrogens with zero attached hydrogens (tertiary/aromatic N) is 1. The maximum atomic E-state index is 13.4. The first-order valence-electron chi connectivity index (χ1n) is 13.6. The molecule has 0 spiro atoms. The molecule has 0 radical (unpaired) electrons. The molecule has 0 aliphatic heterocycles. The summed E-state index contributed by atoms with van der Waals surface area (Å²) in [5, 5.41) is 36.1. The maximum absolute atomic E-state index is 13.4. The van der Waals surface area contributed by atoms with Crippen LogP contribution >= 0.6 is 0 Å². The summed E-state index contributed by atoms with van der Waals surface area (Å²) < 4.78 is 0. The number of carbonyl (C=O) groups is 5. The average Bonchev–Trinajstić information content (AvgIpc) is 2.95. The monoisotopic (exact) mass is 593 g/mol. The number of aliphatic carboxylic acids is 1. The van der Waals surface area contributed by atoms with Crippen molar-refractivity contribution in [3.63, 3.8) is 0 Å². The summed E-state index contributed by atoms with van der Waals surface area (Å²) >= 11 is 0. The molecular weight excluding hydrogens is 550 g/mol. The molecule has 0 heterocycles. The molecule has 1 rings (SSSR count). The van der Waals surface area contributed by atoms with Crippen LogP contribution in [0.3, 0.4) is 0 Å². The van der Waals surface area contributed by atoms with E-state index in [4.69, 9.17) is 17.2 Å². The number of aromatic hydroxyl groups is 1. The Morgan fingerprint density at radius 2 is 1.57 bits per heavy atom. The summed E-state index contributed by atoms with van der Waals surface area (Å²) in [5.41, 5.74) is 16.6. The predicted octanol–water partition coefficient (Wildman–Crippen LogP) is -1.90. The molecule has 0 saturated heterocycles. The van der Waals surface area contributed by atoms with Crippen molar-refractivity contribution in [1.82, 2.24) is 16.0 Å². The van der Waals surface area contributed by atoms with E-state index in [-0.39, 0.29) is 56.4 Å². The van der Waals surface area contributed by atoms with Crippen LogP contribution in [0.2, 0.25) is 0 Å². The molecular formula is C27H43N7O8. The number of rotatable bonds is 19. The van der Waals surface area contributed by atoms with Gasteiger partial charge < -0.3 is 48.5 Å². The van der Waals surface area contributed by atoms with Gasteiger partial charge in [0, 0.05) is 18.9 Å². The first kappa shape index (κ1) is 35.8. The summed E-state index contributed by atoms with van der Waals surface area (Å²) in [6, 6.07) is 2.25. The molecule has 234 valence electrons. The lowest BCUT2D eigenvalue weighted by atomic mass is 9.84. The van der Waals surface area contributed by atoms with Gasteiger partial charge in [0.25, 0.3) is 0 Å². The minimum Gasteiger partial charge on any atom is -0.508 e. The van der Waals surface area contributed by atoms with E-state index in [2.05, 4.69) is 20.9 Å². The van der Waals surface area contributed by atoms with Crippen LogP contribution in [0.25, 0.3) is 0 Å². The standard InChI is InChI=1S/C27H43N7O8/c1-3-15(2)18(12-22(37)20(32-23(38)13-28)11-16-6-8-17(36)9-7-16)24(39)34-21(14-35)25(40)33-19(26(41)42)5-4-10-31-27(29)30/h6-9,15,18-21,35-36H,3-5,10-14,28H2,1-2H3,(H,32,38)(H,33,40)(H,34,39)(H,41,42)(H4,29,30,31)/t15?,18?,19-,20?,21+/m0/s1. The average molecular weight is 594 g/mol. The third-order valence-electron chi connectivity index (χ3n) is 6.75. The Morgan fingerprint density at radius 3 is 2.10 bits per heavy atom. The number of nitrogens with two attached hydrogens (primary N) is 3. The lowest BCUT2D eigenvalue weighted by Gasteiger charge is -2.27. The van der Waals surface area contributed by atoms with Crippen molar-refractivity contribution >= 4 is 35.4 Å². The number of ketones is 1. The van der Waals surface area contributed by atoms with E-state index in [0.717, 1.165) is 0 Å². The van der Waals surface area contributed by atoms with Crippen molar-refractivity contribution in [3.8, 4) is 5.75 Å². The number of carboxylic acids is 1. The van der Waals surface area contributed by atoms with E-state index in [1.807, 2.05) is 6.92 Å². The Balaban J connectivity index is 3.02. The Kier molecular flexibility index (Phi) is 15.5. The number of nitrogens with one attached hydrogen (secondary N) is 3. The van der Waals surface area contributed by atoms with Crippen LogP contribution in [0, 0.1) is 11.8 Å². The van der Waals surface area contributed by atoms with Crippen LogP contribution in [-0.4, -0.2) is 88.6 Å². The molecule has 3 amide bonds. The fourth-order valence-electron chi connectivity index (χ4n) is 4.07. The van der Waals surface area contributed by atoms with E-state index in [9.17, 15) is 39.3 Å². The summed E-state index contributed by atoms with van der Waals surface area (Å²) in [4.78, 5) is 66.9. The molecule has 15 nitrogen and oxygen atoms in total. The number of aliphatic imine (C=N–C) groups is 1. The van der Waals surface area contributed by atoms with Gasteiger partial charge in [-0.05, 0) is 42.9 Å². The lowest BCUT2D eigenvalue weighted by Crippen LogP contribution is -2.55. The molecule has 0 aliphatic rings. The molecule has 0 saturated carbocycles. The van der Waals surface area contributed by atoms with Crippen molar-refractivity contribution in [2.45, 2.75) is 64.1 Å². The number of hydrogen-bond donors (Lipinski definition) is 9.